The highest BCUT2D eigenvalue weighted by molar-refractivity contribution is 5.89. The molecule has 3 heterocycles. The van der Waals surface area contributed by atoms with Crippen molar-refractivity contribution < 1.29 is 15.3 Å². The summed E-state index contributed by atoms with van der Waals surface area (Å²) in [4.78, 5) is 10.6. The molecule has 1 unspecified atom stereocenters. The number of aliphatic hydroxyl groups excluding tert-OH is 3. The van der Waals surface area contributed by atoms with Gasteiger partial charge in [-0.05, 0) is 25.0 Å². The van der Waals surface area contributed by atoms with E-state index in [1.165, 1.54) is 0 Å². The number of amidine groups is 1. The predicted molar refractivity (Wildman–Crippen MR) is 73.4 cm³/mol. The van der Waals surface area contributed by atoms with Crippen LogP contribution in [0.5, 0.6) is 0 Å². The summed E-state index contributed by atoms with van der Waals surface area (Å²) in [6.07, 6.45) is 0.305. The number of nitrogens with zero attached hydrogens (tertiary/aromatic N) is 3. The zero-order valence-electron chi connectivity index (χ0n) is 11.1. The molecule has 0 saturated carbocycles. The van der Waals surface area contributed by atoms with Gasteiger partial charge in [-0.1, -0.05) is 6.07 Å². The number of hydrogen-bond acceptors (Lipinski definition) is 6. The lowest BCUT2D eigenvalue weighted by Crippen LogP contribution is -2.57. The topological polar surface area (TPSA) is 89.2 Å². The summed E-state index contributed by atoms with van der Waals surface area (Å²) in [5.41, 5.74) is 1.03. The highest BCUT2D eigenvalue weighted by Gasteiger charge is 2.41. The fourth-order valence-corrected chi connectivity index (χ4v) is 2.80. The zero-order valence-corrected chi connectivity index (χ0v) is 11.1. The molecule has 6 nitrogen and oxygen atoms in total. The number of hydrogen-bond donors (Lipinski definition) is 3. The van der Waals surface area contributed by atoms with Crippen molar-refractivity contribution in [3.63, 3.8) is 0 Å². The maximum atomic E-state index is 9.93. The van der Waals surface area contributed by atoms with E-state index in [0.717, 1.165) is 18.5 Å². The summed E-state index contributed by atoms with van der Waals surface area (Å²) in [5, 5.41) is 29.3. The molecule has 0 radical (unpaired) electrons. The Morgan fingerprint density at radius 2 is 2.05 bits per heavy atom. The number of aliphatic imine (C=N–C) groups is 1. The van der Waals surface area contributed by atoms with Gasteiger partial charge in [0.15, 0.2) is 0 Å². The van der Waals surface area contributed by atoms with E-state index in [4.69, 9.17) is 0 Å². The van der Waals surface area contributed by atoms with Crippen molar-refractivity contribution in [2.45, 2.75) is 37.2 Å². The van der Waals surface area contributed by atoms with E-state index >= 15 is 0 Å². The third-order valence-corrected chi connectivity index (χ3v) is 3.92. The molecule has 2 aliphatic heterocycles. The van der Waals surface area contributed by atoms with E-state index in [0.29, 0.717) is 18.9 Å². The minimum atomic E-state index is -1.14. The molecule has 0 spiro atoms. The molecule has 1 aromatic rings. The van der Waals surface area contributed by atoms with Gasteiger partial charge in [-0.15, -0.1) is 0 Å². The van der Waals surface area contributed by atoms with Crippen molar-refractivity contribution in [3.8, 4) is 0 Å². The van der Waals surface area contributed by atoms with Crippen LogP contribution in [0.3, 0.4) is 0 Å². The monoisotopic (exact) mass is 277 g/mol. The van der Waals surface area contributed by atoms with Gasteiger partial charge >= 0.3 is 0 Å². The minimum absolute atomic E-state index is 0.0826. The highest BCUT2D eigenvalue weighted by atomic mass is 16.4. The Morgan fingerprint density at radius 1 is 1.20 bits per heavy atom. The van der Waals surface area contributed by atoms with Gasteiger partial charge in [0.1, 0.15) is 24.1 Å². The molecular weight excluding hydrogens is 258 g/mol. The second-order valence-electron chi connectivity index (χ2n) is 5.41. The first kappa shape index (κ1) is 13.5. The number of piperidine rings is 1. The molecule has 0 bridgehead atoms. The lowest BCUT2D eigenvalue weighted by atomic mass is 10.0. The Bertz CT molecular complexity index is 494. The van der Waals surface area contributed by atoms with Crippen LogP contribution in [0.4, 0.5) is 0 Å². The summed E-state index contributed by atoms with van der Waals surface area (Å²) in [6, 6.07) is 5.91. The first-order valence-electron chi connectivity index (χ1n) is 6.92. The minimum Gasteiger partial charge on any atom is -0.388 e. The van der Waals surface area contributed by atoms with Crippen molar-refractivity contribution in [1.82, 2.24) is 9.88 Å². The molecule has 3 N–H and O–H groups in total. The maximum absolute atomic E-state index is 9.93. The van der Waals surface area contributed by atoms with Crippen LogP contribution >= 0.6 is 0 Å². The fraction of sp³-hybridized carbons (Fsp3) is 0.571. The van der Waals surface area contributed by atoms with Crippen LogP contribution in [0.2, 0.25) is 0 Å². The third kappa shape index (κ3) is 2.54. The van der Waals surface area contributed by atoms with Crippen molar-refractivity contribution in [2.75, 3.05) is 13.1 Å². The Labute approximate surface area is 117 Å². The molecule has 1 fully saturated rings. The van der Waals surface area contributed by atoms with E-state index in [-0.39, 0.29) is 6.04 Å². The smallest absolute Gasteiger partial charge is 0.139 e. The molecule has 6 heteroatoms. The highest BCUT2D eigenvalue weighted by Crippen LogP contribution is 2.23. The van der Waals surface area contributed by atoms with Gasteiger partial charge in [0.05, 0.1) is 6.04 Å². The van der Waals surface area contributed by atoms with Gasteiger partial charge in [0.25, 0.3) is 0 Å². The molecule has 1 saturated heterocycles. The van der Waals surface area contributed by atoms with Gasteiger partial charge in [-0.25, -0.2) is 0 Å². The van der Waals surface area contributed by atoms with Crippen molar-refractivity contribution in [3.05, 3.63) is 30.1 Å². The Hall–Kier alpha value is -1.50. The first-order chi connectivity index (χ1) is 9.65. The van der Waals surface area contributed by atoms with Crippen LogP contribution in [0.25, 0.3) is 0 Å². The lowest BCUT2D eigenvalue weighted by molar-refractivity contribution is -0.0595. The second kappa shape index (κ2) is 5.47. The summed E-state index contributed by atoms with van der Waals surface area (Å²) >= 11 is 0. The second-order valence-corrected chi connectivity index (χ2v) is 5.41. The molecule has 2 aliphatic rings. The molecule has 0 aliphatic carbocycles. The van der Waals surface area contributed by atoms with E-state index in [2.05, 4.69) is 9.98 Å². The molecule has 108 valence electrons. The van der Waals surface area contributed by atoms with E-state index in [9.17, 15) is 15.3 Å². The summed E-state index contributed by atoms with van der Waals surface area (Å²) in [7, 11) is 0. The quantitative estimate of drug-likeness (QED) is 0.672. The first-order valence-corrected chi connectivity index (χ1v) is 6.92. The van der Waals surface area contributed by atoms with Crippen LogP contribution in [0.15, 0.2) is 29.4 Å². The van der Waals surface area contributed by atoms with Crippen LogP contribution in [0.1, 0.15) is 12.1 Å². The van der Waals surface area contributed by atoms with E-state index in [1.54, 1.807) is 6.20 Å². The third-order valence-electron chi connectivity index (χ3n) is 3.92. The average molecular weight is 277 g/mol. The normalized spacial score (nSPS) is 33.0. The molecule has 1 aromatic heterocycles. The molecule has 20 heavy (non-hydrogen) atoms. The van der Waals surface area contributed by atoms with E-state index < -0.39 is 18.3 Å². The Balaban J connectivity index is 1.62. The van der Waals surface area contributed by atoms with E-state index in [1.807, 2.05) is 23.1 Å². The summed E-state index contributed by atoms with van der Waals surface area (Å²) in [5.74, 6) is 0.508. The largest absolute Gasteiger partial charge is 0.388 e. The number of aryl methyl sites for hydroxylation is 1. The van der Waals surface area contributed by atoms with Gasteiger partial charge in [0, 0.05) is 25.0 Å². The Kier molecular flexibility index (Phi) is 3.69. The maximum Gasteiger partial charge on any atom is 0.139 e. The number of aromatic nitrogens is 1. The molecule has 4 atom stereocenters. The molecule has 0 amide bonds. The number of rotatable bonds is 3. The van der Waals surface area contributed by atoms with Crippen molar-refractivity contribution in [1.29, 1.82) is 0 Å². The van der Waals surface area contributed by atoms with Gasteiger partial charge in [-0.3, -0.25) is 9.98 Å². The number of fused-ring (bicyclic) bond motifs is 1. The van der Waals surface area contributed by atoms with Crippen LogP contribution in [-0.4, -0.2) is 68.5 Å². The summed E-state index contributed by atoms with van der Waals surface area (Å²) < 4.78 is 0. The van der Waals surface area contributed by atoms with Crippen LogP contribution in [-0.2, 0) is 6.42 Å². The van der Waals surface area contributed by atoms with Crippen LogP contribution < -0.4 is 0 Å². The predicted octanol–water partition coefficient (Wildman–Crippen LogP) is -0.807. The van der Waals surface area contributed by atoms with Crippen molar-refractivity contribution >= 4 is 5.84 Å². The standard InChI is InChI=1S/C14H19N3O3/c18-11-8-17-7-10(16-14(17)13(20)12(11)19)5-4-9-3-1-2-6-15-9/h1-3,6,10-13,18-20H,4-5,7-8H2/t10?,11-,12-,13+/m0/s1. The van der Waals surface area contributed by atoms with Gasteiger partial charge in [0.2, 0.25) is 0 Å². The van der Waals surface area contributed by atoms with Crippen molar-refractivity contribution in [2.24, 2.45) is 4.99 Å². The average Bonchev–Trinajstić information content (AvgIpc) is 2.87. The lowest BCUT2D eigenvalue weighted by Gasteiger charge is -2.36. The SMILES string of the molecule is O[C@H]1[C@@H](O)CN2CC(CCc3ccccn3)N=C2[C@@H]1O. The Morgan fingerprint density at radius 3 is 2.80 bits per heavy atom. The van der Waals surface area contributed by atoms with Crippen LogP contribution in [0, 0.1) is 0 Å². The molecule has 0 aromatic carbocycles. The number of pyridine rings is 1. The fourth-order valence-electron chi connectivity index (χ4n) is 2.80. The molecule has 3 rings (SSSR count). The van der Waals surface area contributed by atoms with Gasteiger partial charge < -0.3 is 20.2 Å². The number of aliphatic hydroxyl groups is 3. The summed E-state index contributed by atoms with van der Waals surface area (Å²) in [6.45, 7) is 1.01. The zero-order chi connectivity index (χ0) is 14.1. The molecular formula is C14H19N3O3. The van der Waals surface area contributed by atoms with Gasteiger partial charge in [-0.2, -0.15) is 0 Å².